The first-order valence-corrected chi connectivity index (χ1v) is 7.31. The molecule has 1 aromatic carbocycles. The molecule has 0 saturated heterocycles. The Balaban J connectivity index is 2.62. The topological polar surface area (TPSA) is 55.4 Å². The van der Waals surface area contributed by atoms with Gasteiger partial charge in [0.15, 0.2) is 0 Å². The molecule has 1 rings (SSSR count). The Hall–Kier alpha value is -0.880. The number of rotatable bonds is 6. The fourth-order valence-corrected chi connectivity index (χ4v) is 2.13. The number of hydrogen-bond acceptors (Lipinski definition) is 3. The van der Waals surface area contributed by atoms with Gasteiger partial charge in [-0.15, -0.1) is 0 Å². The van der Waals surface area contributed by atoms with E-state index in [2.05, 4.69) is 4.72 Å². The fourth-order valence-electron chi connectivity index (χ4n) is 1.11. The molecule has 1 atom stereocenters. The summed E-state index contributed by atoms with van der Waals surface area (Å²) in [5.74, 6) is 0. The van der Waals surface area contributed by atoms with Crippen molar-refractivity contribution >= 4 is 27.7 Å². The summed E-state index contributed by atoms with van der Waals surface area (Å²) in [7, 11) is -1.91. The zero-order valence-electron chi connectivity index (χ0n) is 10.3. The van der Waals surface area contributed by atoms with Crippen molar-refractivity contribution in [2.75, 3.05) is 13.7 Å². The van der Waals surface area contributed by atoms with E-state index < -0.39 is 10.0 Å². The molecule has 18 heavy (non-hydrogen) atoms. The van der Waals surface area contributed by atoms with Gasteiger partial charge in [0.2, 0.25) is 10.0 Å². The average Bonchev–Trinajstić information content (AvgIpc) is 2.35. The number of halogens is 1. The maximum atomic E-state index is 11.6. The van der Waals surface area contributed by atoms with Crippen molar-refractivity contribution in [1.82, 2.24) is 4.72 Å². The molecule has 6 heteroatoms. The van der Waals surface area contributed by atoms with Crippen LogP contribution in [0.15, 0.2) is 29.7 Å². The molecule has 0 aliphatic rings. The van der Waals surface area contributed by atoms with Crippen LogP contribution in [-0.4, -0.2) is 28.2 Å². The van der Waals surface area contributed by atoms with Crippen LogP contribution in [0.2, 0.25) is 5.02 Å². The number of ether oxygens (including phenoxy) is 1. The quantitative estimate of drug-likeness (QED) is 0.874. The van der Waals surface area contributed by atoms with E-state index in [9.17, 15) is 8.42 Å². The van der Waals surface area contributed by atoms with Gasteiger partial charge in [-0.2, -0.15) is 0 Å². The minimum atomic E-state index is -3.44. The van der Waals surface area contributed by atoms with E-state index in [1.807, 2.05) is 0 Å². The smallest absolute Gasteiger partial charge is 0.233 e. The third kappa shape index (κ3) is 5.64. The van der Waals surface area contributed by atoms with Gasteiger partial charge in [0, 0.05) is 24.1 Å². The highest BCUT2D eigenvalue weighted by Gasteiger charge is 2.07. The van der Waals surface area contributed by atoms with E-state index >= 15 is 0 Å². The Kier molecular flexibility index (Phi) is 5.81. The molecule has 1 unspecified atom stereocenters. The van der Waals surface area contributed by atoms with Crippen LogP contribution >= 0.6 is 11.6 Å². The molecule has 1 N–H and O–H groups in total. The van der Waals surface area contributed by atoms with Crippen LogP contribution in [-0.2, 0) is 14.8 Å². The zero-order chi connectivity index (χ0) is 13.6. The second-order valence-electron chi connectivity index (χ2n) is 3.79. The van der Waals surface area contributed by atoms with Crippen molar-refractivity contribution in [2.45, 2.75) is 13.0 Å². The van der Waals surface area contributed by atoms with Crippen LogP contribution in [0.5, 0.6) is 0 Å². The molecule has 0 spiro atoms. The Bertz CT molecular complexity index is 497. The van der Waals surface area contributed by atoms with E-state index in [4.69, 9.17) is 16.3 Å². The minimum absolute atomic E-state index is 0.163. The van der Waals surface area contributed by atoms with Crippen molar-refractivity contribution in [3.8, 4) is 0 Å². The Labute approximate surface area is 113 Å². The maximum Gasteiger partial charge on any atom is 0.233 e. The van der Waals surface area contributed by atoms with E-state index in [1.165, 1.54) is 13.2 Å². The summed E-state index contributed by atoms with van der Waals surface area (Å²) < 4.78 is 30.6. The normalized spacial score (nSPS) is 13.9. The first-order chi connectivity index (χ1) is 8.43. The molecule has 1 aromatic rings. The van der Waals surface area contributed by atoms with Gasteiger partial charge in [0.05, 0.1) is 6.10 Å². The predicted molar refractivity (Wildman–Crippen MR) is 73.9 cm³/mol. The third-order valence-electron chi connectivity index (χ3n) is 2.28. The molecule has 0 aliphatic heterocycles. The van der Waals surface area contributed by atoms with E-state index in [0.29, 0.717) is 5.02 Å². The number of benzene rings is 1. The highest BCUT2D eigenvalue weighted by atomic mass is 35.5. The molecule has 0 radical (unpaired) electrons. The summed E-state index contributed by atoms with van der Waals surface area (Å²) in [5, 5.41) is 1.74. The van der Waals surface area contributed by atoms with Crippen LogP contribution in [0.1, 0.15) is 12.5 Å². The van der Waals surface area contributed by atoms with Crippen molar-refractivity contribution in [3.63, 3.8) is 0 Å². The highest BCUT2D eigenvalue weighted by Crippen LogP contribution is 2.11. The minimum Gasteiger partial charge on any atom is -0.380 e. The van der Waals surface area contributed by atoms with Crippen LogP contribution in [0, 0.1) is 0 Å². The largest absolute Gasteiger partial charge is 0.380 e. The summed E-state index contributed by atoms with van der Waals surface area (Å²) >= 11 is 5.73. The first kappa shape index (κ1) is 15.2. The van der Waals surface area contributed by atoms with Gasteiger partial charge in [-0.25, -0.2) is 13.1 Å². The number of methoxy groups -OCH3 is 1. The van der Waals surface area contributed by atoms with E-state index in [1.54, 1.807) is 31.2 Å². The lowest BCUT2D eigenvalue weighted by atomic mass is 10.2. The Morgan fingerprint density at radius 2 is 2.00 bits per heavy atom. The average molecular weight is 290 g/mol. The fraction of sp³-hybridized carbons (Fsp3) is 0.333. The van der Waals surface area contributed by atoms with Gasteiger partial charge >= 0.3 is 0 Å². The van der Waals surface area contributed by atoms with Crippen molar-refractivity contribution in [3.05, 3.63) is 40.3 Å². The van der Waals surface area contributed by atoms with Gasteiger partial charge in [-0.05, 0) is 30.7 Å². The Morgan fingerprint density at radius 1 is 1.39 bits per heavy atom. The molecule has 0 heterocycles. The summed E-state index contributed by atoms with van der Waals surface area (Å²) in [4.78, 5) is 0. The number of hydrogen-bond donors (Lipinski definition) is 1. The van der Waals surface area contributed by atoms with Crippen LogP contribution < -0.4 is 4.72 Å². The summed E-state index contributed by atoms with van der Waals surface area (Å²) in [6.45, 7) is 2.02. The monoisotopic (exact) mass is 289 g/mol. The van der Waals surface area contributed by atoms with Crippen molar-refractivity contribution < 1.29 is 13.2 Å². The second kappa shape index (κ2) is 6.89. The number of nitrogens with one attached hydrogen (secondary N) is 1. The van der Waals surface area contributed by atoms with Crippen LogP contribution in [0.4, 0.5) is 0 Å². The molecule has 0 saturated carbocycles. The predicted octanol–water partition coefficient (Wildman–Crippen LogP) is 2.26. The van der Waals surface area contributed by atoms with Crippen molar-refractivity contribution in [2.24, 2.45) is 0 Å². The molecule has 0 aromatic heterocycles. The lowest BCUT2D eigenvalue weighted by molar-refractivity contribution is 0.122. The molecule has 0 amide bonds. The lowest BCUT2D eigenvalue weighted by Crippen LogP contribution is -2.30. The molecule has 0 aliphatic carbocycles. The maximum absolute atomic E-state index is 11.6. The van der Waals surface area contributed by atoms with Crippen LogP contribution in [0.25, 0.3) is 6.08 Å². The van der Waals surface area contributed by atoms with Gasteiger partial charge in [-0.3, -0.25) is 0 Å². The molecular weight excluding hydrogens is 274 g/mol. The lowest BCUT2D eigenvalue weighted by Gasteiger charge is -2.09. The molecule has 4 nitrogen and oxygen atoms in total. The summed E-state index contributed by atoms with van der Waals surface area (Å²) in [6, 6.07) is 6.89. The highest BCUT2D eigenvalue weighted by molar-refractivity contribution is 7.92. The van der Waals surface area contributed by atoms with Crippen molar-refractivity contribution in [1.29, 1.82) is 0 Å². The van der Waals surface area contributed by atoms with E-state index in [-0.39, 0.29) is 12.6 Å². The SMILES string of the molecule is COC(C)CNS(=O)(=O)/C=C/c1ccc(Cl)cc1. The van der Waals surface area contributed by atoms with E-state index in [0.717, 1.165) is 11.0 Å². The van der Waals surface area contributed by atoms with Gasteiger partial charge in [0.25, 0.3) is 0 Å². The zero-order valence-corrected chi connectivity index (χ0v) is 11.8. The Morgan fingerprint density at radius 3 is 2.56 bits per heavy atom. The van der Waals surface area contributed by atoms with Gasteiger partial charge < -0.3 is 4.74 Å². The summed E-state index contributed by atoms with van der Waals surface area (Å²) in [6.07, 6.45) is 1.35. The van der Waals surface area contributed by atoms with Crippen LogP contribution in [0.3, 0.4) is 0 Å². The standard InChI is InChI=1S/C12H16ClNO3S/c1-10(17-2)9-14-18(15,16)8-7-11-3-5-12(13)6-4-11/h3-8,10,14H,9H2,1-2H3/b8-7+. The molecular formula is C12H16ClNO3S. The first-order valence-electron chi connectivity index (χ1n) is 5.39. The molecule has 100 valence electrons. The molecule has 0 bridgehead atoms. The molecule has 0 fully saturated rings. The van der Waals surface area contributed by atoms with Gasteiger partial charge in [0.1, 0.15) is 0 Å². The second-order valence-corrected chi connectivity index (χ2v) is 5.88. The number of sulfonamides is 1. The summed E-state index contributed by atoms with van der Waals surface area (Å²) in [5.41, 5.74) is 0.768. The third-order valence-corrected chi connectivity index (χ3v) is 3.60. The van der Waals surface area contributed by atoms with Gasteiger partial charge in [-0.1, -0.05) is 23.7 Å².